The Kier molecular flexibility index (Phi) is 5.87. The number of esters is 1. The van der Waals surface area contributed by atoms with Crippen LogP contribution in [0, 0.1) is 5.82 Å². The fraction of sp³-hybridized carbons (Fsp3) is 0.429. The second kappa shape index (κ2) is 7.19. The number of alkyl halides is 3. The molecule has 0 aliphatic carbocycles. The maximum Gasteiger partial charge on any atom is 0.419 e. The van der Waals surface area contributed by atoms with Gasteiger partial charge in [-0.05, 0) is 19.4 Å². The number of Topliss-reactive ketones (excluding diaryl/α,β-unsaturated/α-hetero) is 1. The maximum atomic E-state index is 13.3. The molecule has 21 heavy (non-hydrogen) atoms. The van der Waals surface area contributed by atoms with E-state index >= 15 is 0 Å². The minimum atomic E-state index is -4.95. The summed E-state index contributed by atoms with van der Waals surface area (Å²) in [6, 6.07) is 2.62. The molecule has 0 spiro atoms. The summed E-state index contributed by atoms with van der Waals surface area (Å²) in [5.74, 6) is -2.87. The zero-order valence-electron chi connectivity index (χ0n) is 11.3. The van der Waals surface area contributed by atoms with Gasteiger partial charge in [-0.1, -0.05) is 12.1 Å². The highest BCUT2D eigenvalue weighted by atomic mass is 19.4. The molecule has 0 bridgehead atoms. The van der Waals surface area contributed by atoms with Gasteiger partial charge in [0.1, 0.15) is 11.4 Å². The van der Waals surface area contributed by atoms with Gasteiger partial charge in [0.25, 0.3) is 0 Å². The standard InChI is InChI=1S/C14H14F4O3/c1-2-21-12(20)8-4-7-11(19)9-5-3-6-10(15)13(9)14(16,17)18/h3,5-6H,2,4,7-8H2,1H3. The fourth-order valence-electron chi connectivity index (χ4n) is 1.81. The van der Waals surface area contributed by atoms with Crippen molar-refractivity contribution in [3.63, 3.8) is 0 Å². The topological polar surface area (TPSA) is 43.4 Å². The summed E-state index contributed by atoms with van der Waals surface area (Å²) in [5.41, 5.74) is -2.28. The summed E-state index contributed by atoms with van der Waals surface area (Å²) in [7, 11) is 0. The zero-order valence-corrected chi connectivity index (χ0v) is 11.3. The third-order valence-corrected chi connectivity index (χ3v) is 2.69. The van der Waals surface area contributed by atoms with Crippen LogP contribution >= 0.6 is 0 Å². The van der Waals surface area contributed by atoms with Crippen LogP contribution in [-0.2, 0) is 15.7 Å². The molecule has 0 aromatic heterocycles. The first kappa shape index (κ1) is 17.1. The Labute approximate surface area is 118 Å². The lowest BCUT2D eigenvalue weighted by atomic mass is 9.99. The molecule has 0 heterocycles. The van der Waals surface area contributed by atoms with E-state index in [1.807, 2.05) is 0 Å². The summed E-state index contributed by atoms with van der Waals surface area (Å²) >= 11 is 0. The molecule has 0 saturated carbocycles. The number of rotatable bonds is 6. The molecular formula is C14H14F4O3. The largest absolute Gasteiger partial charge is 0.466 e. The van der Waals surface area contributed by atoms with Crippen LogP contribution in [0.4, 0.5) is 17.6 Å². The van der Waals surface area contributed by atoms with Crippen LogP contribution in [0.15, 0.2) is 18.2 Å². The minimum absolute atomic E-state index is 0.0471. The van der Waals surface area contributed by atoms with Gasteiger partial charge in [0.05, 0.1) is 6.61 Å². The molecule has 1 rings (SSSR count). The molecule has 0 fully saturated rings. The number of carbonyl (C=O) groups excluding carboxylic acids is 2. The lowest BCUT2D eigenvalue weighted by Gasteiger charge is -2.12. The van der Waals surface area contributed by atoms with E-state index in [0.29, 0.717) is 6.07 Å². The van der Waals surface area contributed by atoms with Crippen LogP contribution in [0.25, 0.3) is 0 Å². The Morgan fingerprint density at radius 2 is 1.86 bits per heavy atom. The summed E-state index contributed by atoms with van der Waals surface area (Å²) in [5, 5.41) is 0. The number of ketones is 1. The van der Waals surface area contributed by atoms with E-state index < -0.39 is 34.9 Å². The molecule has 0 saturated heterocycles. The molecule has 0 aliphatic rings. The highest BCUT2D eigenvalue weighted by Crippen LogP contribution is 2.34. The molecule has 0 aliphatic heterocycles. The van der Waals surface area contributed by atoms with E-state index in [9.17, 15) is 27.2 Å². The summed E-state index contributed by atoms with van der Waals surface area (Å²) in [6.07, 6.45) is -5.26. The van der Waals surface area contributed by atoms with Crippen molar-refractivity contribution in [2.75, 3.05) is 6.61 Å². The molecule has 0 atom stereocenters. The fourth-order valence-corrected chi connectivity index (χ4v) is 1.81. The van der Waals surface area contributed by atoms with E-state index in [1.165, 1.54) is 0 Å². The third kappa shape index (κ3) is 4.84. The Morgan fingerprint density at radius 3 is 2.43 bits per heavy atom. The summed E-state index contributed by atoms with van der Waals surface area (Å²) in [4.78, 5) is 22.9. The van der Waals surface area contributed by atoms with Gasteiger partial charge in [-0.3, -0.25) is 9.59 Å². The van der Waals surface area contributed by atoms with Crippen molar-refractivity contribution in [2.24, 2.45) is 0 Å². The second-order valence-corrected chi connectivity index (χ2v) is 4.24. The van der Waals surface area contributed by atoms with Crippen LogP contribution < -0.4 is 0 Å². The van der Waals surface area contributed by atoms with Crippen LogP contribution in [0.3, 0.4) is 0 Å². The van der Waals surface area contributed by atoms with Gasteiger partial charge in [-0.15, -0.1) is 0 Å². The molecule has 0 amide bonds. The third-order valence-electron chi connectivity index (χ3n) is 2.69. The summed E-state index contributed by atoms with van der Waals surface area (Å²) in [6.45, 7) is 1.81. The van der Waals surface area contributed by atoms with Gasteiger partial charge in [0, 0.05) is 18.4 Å². The molecular weight excluding hydrogens is 292 g/mol. The average Bonchev–Trinajstić information content (AvgIpc) is 2.37. The predicted molar refractivity (Wildman–Crippen MR) is 66.2 cm³/mol. The molecule has 7 heteroatoms. The predicted octanol–water partition coefficient (Wildman–Crippen LogP) is 3.76. The van der Waals surface area contributed by atoms with Crippen LogP contribution in [0.2, 0.25) is 0 Å². The smallest absolute Gasteiger partial charge is 0.419 e. The summed E-state index contributed by atoms with van der Waals surface area (Å²) < 4.78 is 56.2. The highest BCUT2D eigenvalue weighted by molar-refractivity contribution is 5.97. The number of halogens is 4. The number of ether oxygens (including phenoxy) is 1. The van der Waals surface area contributed by atoms with Crippen molar-refractivity contribution in [1.29, 1.82) is 0 Å². The highest BCUT2D eigenvalue weighted by Gasteiger charge is 2.38. The average molecular weight is 306 g/mol. The number of carbonyl (C=O) groups is 2. The second-order valence-electron chi connectivity index (χ2n) is 4.24. The first-order valence-electron chi connectivity index (χ1n) is 6.32. The van der Waals surface area contributed by atoms with Gasteiger partial charge in [-0.2, -0.15) is 13.2 Å². The van der Waals surface area contributed by atoms with Crippen molar-refractivity contribution in [3.8, 4) is 0 Å². The first-order valence-corrected chi connectivity index (χ1v) is 6.32. The van der Waals surface area contributed by atoms with Gasteiger partial charge in [0.15, 0.2) is 5.78 Å². The molecule has 1 aromatic rings. The van der Waals surface area contributed by atoms with Gasteiger partial charge in [0.2, 0.25) is 0 Å². The van der Waals surface area contributed by atoms with Gasteiger partial charge < -0.3 is 4.74 Å². The first-order chi connectivity index (χ1) is 9.77. The van der Waals surface area contributed by atoms with E-state index in [-0.39, 0.29) is 25.9 Å². The van der Waals surface area contributed by atoms with Crippen molar-refractivity contribution in [1.82, 2.24) is 0 Å². The van der Waals surface area contributed by atoms with Gasteiger partial charge in [-0.25, -0.2) is 4.39 Å². The molecule has 3 nitrogen and oxygen atoms in total. The lowest BCUT2D eigenvalue weighted by Crippen LogP contribution is -2.16. The zero-order chi connectivity index (χ0) is 16.0. The van der Waals surface area contributed by atoms with Crippen LogP contribution in [0.1, 0.15) is 42.1 Å². The Morgan fingerprint density at radius 1 is 1.19 bits per heavy atom. The molecule has 0 unspecified atom stereocenters. The van der Waals surface area contributed by atoms with Crippen LogP contribution in [0.5, 0.6) is 0 Å². The quantitative estimate of drug-likeness (QED) is 0.456. The molecule has 0 radical (unpaired) electrons. The molecule has 0 N–H and O–H groups in total. The lowest BCUT2D eigenvalue weighted by molar-refractivity contribution is -0.143. The van der Waals surface area contributed by atoms with Gasteiger partial charge >= 0.3 is 12.1 Å². The van der Waals surface area contributed by atoms with Crippen molar-refractivity contribution in [2.45, 2.75) is 32.4 Å². The van der Waals surface area contributed by atoms with E-state index in [4.69, 9.17) is 0 Å². The maximum absolute atomic E-state index is 13.3. The van der Waals surface area contributed by atoms with Crippen molar-refractivity contribution >= 4 is 11.8 Å². The molecule has 116 valence electrons. The van der Waals surface area contributed by atoms with Crippen LogP contribution in [-0.4, -0.2) is 18.4 Å². The Hall–Kier alpha value is -1.92. The Bertz CT molecular complexity index is 523. The number of hydrogen-bond acceptors (Lipinski definition) is 3. The van der Waals surface area contributed by atoms with E-state index in [2.05, 4.69) is 4.74 Å². The Balaban J connectivity index is 2.80. The van der Waals surface area contributed by atoms with E-state index in [1.54, 1.807) is 6.92 Å². The van der Waals surface area contributed by atoms with E-state index in [0.717, 1.165) is 12.1 Å². The van der Waals surface area contributed by atoms with Crippen molar-refractivity contribution < 1.29 is 31.9 Å². The van der Waals surface area contributed by atoms with Crippen molar-refractivity contribution in [3.05, 3.63) is 35.1 Å². The normalized spacial score (nSPS) is 11.3. The SMILES string of the molecule is CCOC(=O)CCCC(=O)c1cccc(F)c1C(F)(F)F. The number of benzene rings is 1. The molecule has 1 aromatic carbocycles. The monoisotopic (exact) mass is 306 g/mol. The number of hydrogen-bond donors (Lipinski definition) is 0. The minimum Gasteiger partial charge on any atom is -0.466 e.